The molecular weight excluding hydrogens is 474 g/mol. The molecule has 0 saturated heterocycles. The van der Waals surface area contributed by atoms with E-state index in [4.69, 9.17) is 10.7 Å². The summed E-state index contributed by atoms with van der Waals surface area (Å²) in [5.74, 6) is 0.173. The molecule has 1 aromatic carbocycles. The van der Waals surface area contributed by atoms with Crippen LogP contribution in [0.5, 0.6) is 0 Å². The van der Waals surface area contributed by atoms with E-state index in [1.165, 1.54) is 23.8 Å². The Morgan fingerprint density at radius 1 is 1.19 bits per heavy atom. The first-order valence-corrected chi connectivity index (χ1v) is 12.2. The van der Waals surface area contributed by atoms with Crippen molar-refractivity contribution in [2.75, 3.05) is 7.11 Å². The van der Waals surface area contributed by atoms with E-state index >= 15 is 0 Å². The summed E-state index contributed by atoms with van der Waals surface area (Å²) in [4.78, 5) is 56.8. The summed E-state index contributed by atoms with van der Waals surface area (Å²) in [6, 6.07) is 8.41. The van der Waals surface area contributed by atoms with Crippen molar-refractivity contribution in [2.45, 2.75) is 52.1 Å². The summed E-state index contributed by atoms with van der Waals surface area (Å²) < 4.78 is 6.12. The van der Waals surface area contributed by atoms with Crippen molar-refractivity contribution in [3.8, 4) is 0 Å². The summed E-state index contributed by atoms with van der Waals surface area (Å²) in [6.45, 7) is 4.53. The summed E-state index contributed by atoms with van der Waals surface area (Å²) in [7, 11) is 1.20. The van der Waals surface area contributed by atoms with E-state index in [1.54, 1.807) is 18.3 Å². The molecular formula is C27H33N5O5. The molecule has 37 heavy (non-hydrogen) atoms. The molecule has 2 heterocycles. The van der Waals surface area contributed by atoms with Crippen molar-refractivity contribution in [3.05, 3.63) is 76.0 Å². The van der Waals surface area contributed by atoms with Gasteiger partial charge in [-0.25, -0.2) is 9.78 Å². The van der Waals surface area contributed by atoms with Gasteiger partial charge in [-0.3, -0.25) is 14.4 Å². The average molecular weight is 508 g/mol. The molecule has 2 amide bonds. The molecule has 4 N–H and O–H groups in total. The van der Waals surface area contributed by atoms with Gasteiger partial charge in [-0.05, 0) is 49.0 Å². The van der Waals surface area contributed by atoms with Gasteiger partial charge in [0.05, 0.1) is 30.7 Å². The summed E-state index contributed by atoms with van der Waals surface area (Å²) in [5, 5.41) is 2.50. The molecule has 0 bridgehead atoms. The topological polar surface area (TPSA) is 149 Å². The van der Waals surface area contributed by atoms with Crippen LogP contribution in [0.3, 0.4) is 0 Å². The van der Waals surface area contributed by atoms with E-state index in [0.717, 1.165) is 23.0 Å². The van der Waals surface area contributed by atoms with Crippen LogP contribution in [0.4, 0.5) is 4.79 Å². The number of nitrogens with zero attached hydrogens (tertiary/aromatic N) is 2. The Morgan fingerprint density at radius 2 is 1.95 bits per heavy atom. The van der Waals surface area contributed by atoms with Crippen molar-refractivity contribution in [2.24, 2.45) is 11.7 Å². The number of rotatable bonds is 12. The van der Waals surface area contributed by atoms with Gasteiger partial charge in [0.25, 0.3) is 5.56 Å². The number of benzene rings is 1. The van der Waals surface area contributed by atoms with Gasteiger partial charge in [0.1, 0.15) is 5.82 Å². The van der Waals surface area contributed by atoms with E-state index in [0.29, 0.717) is 23.7 Å². The number of carbonyl (C=O) groups is 3. The van der Waals surface area contributed by atoms with E-state index in [1.807, 2.05) is 12.1 Å². The Kier molecular flexibility index (Phi) is 9.37. The molecule has 0 radical (unpaired) electrons. The zero-order valence-corrected chi connectivity index (χ0v) is 21.3. The fourth-order valence-corrected chi connectivity index (χ4v) is 4.12. The standard InChI is InChI=1S/C27H33N5O5/c1-17(2)14-18-8-6-11-21-25(18)31-24(29-21)16-32-13-7-9-19(26(32)35)15-22(33)20(30-27(36)37-3)10-4-5-12-23(28)34/h5-9,11-13,17,20H,4,10,14-16H2,1-3H3,(H2,28,34)(H,29,31)(H,30,36)/b12-5+/t20-/m0/s1. The van der Waals surface area contributed by atoms with Crippen molar-refractivity contribution >= 4 is 28.8 Å². The van der Waals surface area contributed by atoms with Gasteiger partial charge in [0.2, 0.25) is 5.91 Å². The second kappa shape index (κ2) is 12.7. The Balaban J connectivity index is 1.78. The third-order valence-electron chi connectivity index (χ3n) is 5.83. The second-order valence-electron chi connectivity index (χ2n) is 9.27. The number of primary amides is 1. The highest BCUT2D eigenvalue weighted by Gasteiger charge is 2.22. The minimum absolute atomic E-state index is 0.174. The lowest BCUT2D eigenvalue weighted by Crippen LogP contribution is -2.42. The maximum Gasteiger partial charge on any atom is 0.407 e. The number of nitrogens with one attached hydrogen (secondary N) is 2. The van der Waals surface area contributed by atoms with Crippen molar-refractivity contribution < 1.29 is 19.1 Å². The highest BCUT2D eigenvalue weighted by molar-refractivity contribution is 5.89. The minimum Gasteiger partial charge on any atom is -0.453 e. The Morgan fingerprint density at radius 3 is 2.65 bits per heavy atom. The number of Topliss-reactive ketones (excluding diaryl/α,β-unsaturated/α-hetero) is 1. The lowest BCUT2D eigenvalue weighted by Gasteiger charge is -2.16. The molecule has 10 nitrogen and oxygen atoms in total. The molecule has 0 fully saturated rings. The molecule has 196 valence electrons. The van der Waals surface area contributed by atoms with Crippen LogP contribution in [0.15, 0.2) is 53.5 Å². The minimum atomic E-state index is -0.896. The number of carbonyl (C=O) groups excluding carboxylic acids is 3. The van der Waals surface area contributed by atoms with E-state index in [9.17, 15) is 19.2 Å². The molecule has 0 aliphatic rings. The van der Waals surface area contributed by atoms with Crippen molar-refractivity contribution in [1.82, 2.24) is 19.9 Å². The number of allylic oxidation sites excluding steroid dienone is 1. The molecule has 3 aromatic rings. The van der Waals surface area contributed by atoms with Gasteiger partial charge in [0.15, 0.2) is 5.78 Å². The van der Waals surface area contributed by atoms with Gasteiger partial charge in [-0.1, -0.05) is 38.1 Å². The quantitative estimate of drug-likeness (QED) is 0.321. The third kappa shape index (κ3) is 7.63. The predicted molar refractivity (Wildman–Crippen MR) is 140 cm³/mol. The number of ketones is 1. The third-order valence-corrected chi connectivity index (χ3v) is 5.83. The number of aromatic amines is 1. The number of H-pyrrole nitrogens is 1. The van der Waals surface area contributed by atoms with Crippen LogP contribution in [0, 0.1) is 5.92 Å². The van der Waals surface area contributed by atoms with Gasteiger partial charge in [-0.2, -0.15) is 0 Å². The fourth-order valence-electron chi connectivity index (χ4n) is 4.12. The number of hydrogen-bond donors (Lipinski definition) is 3. The van der Waals surface area contributed by atoms with Gasteiger partial charge >= 0.3 is 6.09 Å². The average Bonchev–Trinajstić information content (AvgIpc) is 3.26. The Labute approximate surface area is 214 Å². The zero-order chi connectivity index (χ0) is 26.9. The van der Waals surface area contributed by atoms with Crippen LogP contribution >= 0.6 is 0 Å². The summed E-state index contributed by atoms with van der Waals surface area (Å²) in [5.41, 5.74) is 8.02. The highest BCUT2D eigenvalue weighted by Crippen LogP contribution is 2.20. The van der Waals surface area contributed by atoms with Gasteiger partial charge in [0, 0.05) is 18.2 Å². The molecule has 0 saturated carbocycles. The summed E-state index contributed by atoms with van der Waals surface area (Å²) >= 11 is 0. The number of amides is 2. The largest absolute Gasteiger partial charge is 0.453 e. The van der Waals surface area contributed by atoms with Crippen LogP contribution in [-0.4, -0.2) is 45.5 Å². The number of ether oxygens (including phenoxy) is 1. The van der Waals surface area contributed by atoms with Crippen LogP contribution in [0.2, 0.25) is 0 Å². The fraction of sp³-hybridized carbons (Fsp3) is 0.370. The number of fused-ring (bicyclic) bond motifs is 1. The highest BCUT2D eigenvalue weighted by atomic mass is 16.5. The molecule has 1 atom stereocenters. The van der Waals surface area contributed by atoms with Crippen molar-refractivity contribution in [3.63, 3.8) is 0 Å². The van der Waals surface area contributed by atoms with Crippen LogP contribution in [0.25, 0.3) is 11.0 Å². The van der Waals surface area contributed by atoms with E-state index < -0.39 is 18.0 Å². The lowest BCUT2D eigenvalue weighted by atomic mass is 10.0. The van der Waals surface area contributed by atoms with Crippen LogP contribution in [-0.2, 0) is 33.7 Å². The molecule has 0 spiro atoms. The number of hydrogen-bond acceptors (Lipinski definition) is 6. The number of imidazole rings is 1. The number of pyridine rings is 1. The molecule has 0 unspecified atom stereocenters. The SMILES string of the molecule is COC(=O)N[C@@H](CC/C=C/C(N)=O)C(=O)Cc1cccn(Cc2nc3c(CC(C)C)cccc3[nH]2)c1=O. The number of methoxy groups -OCH3 is 1. The van der Waals surface area contributed by atoms with E-state index in [-0.39, 0.29) is 30.7 Å². The number of aromatic nitrogens is 3. The normalized spacial score (nSPS) is 12.2. The zero-order valence-electron chi connectivity index (χ0n) is 21.3. The summed E-state index contributed by atoms with van der Waals surface area (Å²) in [6.07, 6.45) is 4.88. The van der Waals surface area contributed by atoms with E-state index in [2.05, 4.69) is 35.0 Å². The Bertz CT molecular complexity index is 1350. The van der Waals surface area contributed by atoms with Crippen LogP contribution in [0.1, 0.15) is 43.6 Å². The first kappa shape index (κ1) is 27.4. The first-order valence-electron chi connectivity index (χ1n) is 12.2. The number of para-hydroxylation sites is 1. The van der Waals surface area contributed by atoms with Gasteiger partial charge in [-0.15, -0.1) is 0 Å². The number of nitrogens with two attached hydrogens (primary N) is 1. The molecule has 2 aromatic heterocycles. The van der Waals surface area contributed by atoms with Crippen LogP contribution < -0.4 is 16.6 Å². The smallest absolute Gasteiger partial charge is 0.407 e. The Hall–Kier alpha value is -4.21. The molecule has 0 aliphatic heterocycles. The molecule has 10 heteroatoms. The monoisotopic (exact) mass is 507 g/mol. The van der Waals surface area contributed by atoms with Crippen molar-refractivity contribution in [1.29, 1.82) is 0 Å². The maximum atomic E-state index is 13.2. The number of alkyl carbamates (subject to hydrolysis) is 1. The molecule has 3 rings (SSSR count). The predicted octanol–water partition coefficient (Wildman–Crippen LogP) is 2.63. The second-order valence-corrected chi connectivity index (χ2v) is 9.27. The first-order chi connectivity index (χ1) is 17.7. The molecule has 0 aliphatic carbocycles. The maximum absolute atomic E-state index is 13.2. The van der Waals surface area contributed by atoms with Gasteiger partial charge < -0.3 is 25.3 Å². The lowest BCUT2D eigenvalue weighted by molar-refractivity contribution is -0.120.